The molecule has 1 atom stereocenters. The summed E-state index contributed by atoms with van der Waals surface area (Å²) >= 11 is 0. The van der Waals surface area contributed by atoms with Gasteiger partial charge in [0.25, 0.3) is 0 Å². The molecule has 5 nitrogen and oxygen atoms in total. The number of hydrogen-bond donors (Lipinski definition) is 1. The van der Waals surface area contributed by atoms with Gasteiger partial charge in [0, 0.05) is 25.2 Å². The van der Waals surface area contributed by atoms with Gasteiger partial charge in [0.2, 0.25) is 0 Å². The van der Waals surface area contributed by atoms with Crippen molar-refractivity contribution in [3.8, 4) is 0 Å². The van der Waals surface area contributed by atoms with Gasteiger partial charge in [0.05, 0.1) is 6.54 Å². The van der Waals surface area contributed by atoms with Crippen LogP contribution in [0.2, 0.25) is 0 Å². The molecule has 21 heavy (non-hydrogen) atoms. The van der Waals surface area contributed by atoms with E-state index in [1.54, 1.807) is 6.33 Å². The minimum Gasteiger partial charge on any atom is -0.329 e. The second kappa shape index (κ2) is 5.95. The molecule has 3 rings (SSSR count). The number of nitrogens with zero attached hydrogens (tertiary/aromatic N) is 4. The summed E-state index contributed by atoms with van der Waals surface area (Å²) in [6.45, 7) is 6.71. The van der Waals surface area contributed by atoms with E-state index in [9.17, 15) is 0 Å². The Balaban J connectivity index is 1.85. The van der Waals surface area contributed by atoms with Gasteiger partial charge in [-0.25, -0.2) is 9.67 Å². The summed E-state index contributed by atoms with van der Waals surface area (Å²) < 4.78 is 1.99. The van der Waals surface area contributed by atoms with E-state index in [2.05, 4.69) is 53.1 Å². The molecule has 0 spiro atoms. The van der Waals surface area contributed by atoms with Gasteiger partial charge < -0.3 is 5.73 Å². The second-order valence-electron chi connectivity index (χ2n) is 5.89. The summed E-state index contributed by atoms with van der Waals surface area (Å²) in [6, 6.07) is 9.22. The summed E-state index contributed by atoms with van der Waals surface area (Å²) in [6.07, 6.45) is 2.72. The van der Waals surface area contributed by atoms with Crippen LogP contribution in [0.25, 0.3) is 0 Å². The monoisotopic (exact) mass is 285 g/mol. The van der Waals surface area contributed by atoms with Gasteiger partial charge in [-0.05, 0) is 31.4 Å². The molecule has 0 radical (unpaired) electrons. The molecule has 2 N–H and O–H groups in total. The fraction of sp³-hybridized carbons (Fsp3) is 0.500. The largest absolute Gasteiger partial charge is 0.329 e. The van der Waals surface area contributed by atoms with E-state index < -0.39 is 0 Å². The van der Waals surface area contributed by atoms with Crippen LogP contribution in [0, 0.1) is 0 Å². The molecule has 1 aliphatic heterocycles. The van der Waals surface area contributed by atoms with Crippen molar-refractivity contribution in [2.75, 3.05) is 13.1 Å². The number of benzene rings is 1. The topological polar surface area (TPSA) is 60.0 Å². The first-order valence-electron chi connectivity index (χ1n) is 7.61. The molecule has 0 saturated heterocycles. The number of rotatable bonds is 4. The Hall–Kier alpha value is -1.72. The Bertz CT molecular complexity index is 604. The molecule has 2 aromatic rings. The molecule has 0 fully saturated rings. The van der Waals surface area contributed by atoms with Crippen LogP contribution >= 0.6 is 0 Å². The van der Waals surface area contributed by atoms with Crippen molar-refractivity contribution in [1.82, 2.24) is 19.7 Å². The highest BCUT2D eigenvalue weighted by atomic mass is 15.4. The van der Waals surface area contributed by atoms with E-state index in [0.717, 1.165) is 25.3 Å². The van der Waals surface area contributed by atoms with Gasteiger partial charge in [-0.3, -0.25) is 4.90 Å². The lowest BCUT2D eigenvalue weighted by atomic mass is 9.92. The van der Waals surface area contributed by atoms with Crippen LogP contribution in [0.4, 0.5) is 0 Å². The third-order valence-corrected chi connectivity index (χ3v) is 4.23. The predicted molar refractivity (Wildman–Crippen MR) is 82.8 cm³/mol. The Morgan fingerprint density at radius 3 is 2.90 bits per heavy atom. The molecule has 5 heteroatoms. The third-order valence-electron chi connectivity index (χ3n) is 4.23. The van der Waals surface area contributed by atoms with Gasteiger partial charge in [0.1, 0.15) is 12.2 Å². The van der Waals surface area contributed by atoms with Gasteiger partial charge >= 0.3 is 0 Å². The summed E-state index contributed by atoms with van der Waals surface area (Å²) in [4.78, 5) is 6.85. The average Bonchev–Trinajstić information content (AvgIpc) is 2.95. The molecule has 2 heterocycles. The van der Waals surface area contributed by atoms with Gasteiger partial charge in [0.15, 0.2) is 0 Å². The first kappa shape index (κ1) is 14.2. The van der Waals surface area contributed by atoms with Crippen LogP contribution in [0.5, 0.6) is 0 Å². The Labute approximate surface area is 125 Å². The van der Waals surface area contributed by atoms with E-state index in [1.807, 2.05) is 4.68 Å². The van der Waals surface area contributed by atoms with Crippen molar-refractivity contribution in [3.63, 3.8) is 0 Å². The SMILES string of the molecule is CC(C)n1ncnc1CN1CCc2ccccc2C1CN. The zero-order valence-corrected chi connectivity index (χ0v) is 12.7. The molecule has 0 saturated carbocycles. The lowest BCUT2D eigenvalue weighted by Crippen LogP contribution is -2.39. The average molecular weight is 285 g/mol. The Kier molecular flexibility index (Phi) is 4.03. The maximum absolute atomic E-state index is 6.05. The van der Waals surface area contributed by atoms with E-state index in [0.29, 0.717) is 12.6 Å². The molecule has 1 aromatic carbocycles. The molecule has 1 aliphatic rings. The van der Waals surface area contributed by atoms with E-state index in [-0.39, 0.29) is 6.04 Å². The first-order valence-corrected chi connectivity index (χ1v) is 7.61. The highest BCUT2D eigenvalue weighted by Gasteiger charge is 2.27. The maximum atomic E-state index is 6.05. The molecule has 0 amide bonds. The molecular weight excluding hydrogens is 262 g/mol. The van der Waals surface area contributed by atoms with E-state index in [1.165, 1.54) is 11.1 Å². The zero-order valence-electron chi connectivity index (χ0n) is 12.7. The smallest absolute Gasteiger partial charge is 0.141 e. The number of nitrogens with two attached hydrogens (primary N) is 1. The van der Waals surface area contributed by atoms with Crippen LogP contribution in [0.15, 0.2) is 30.6 Å². The minimum absolute atomic E-state index is 0.271. The van der Waals surface area contributed by atoms with Crippen LogP contribution in [-0.2, 0) is 13.0 Å². The molecule has 0 aliphatic carbocycles. The molecule has 1 unspecified atom stereocenters. The Morgan fingerprint density at radius 1 is 1.33 bits per heavy atom. The number of fused-ring (bicyclic) bond motifs is 1. The standard InChI is InChI=1S/C16H23N5/c1-12(2)21-16(18-11-19-21)10-20-8-7-13-5-3-4-6-14(13)15(20)9-17/h3-6,11-12,15H,7-10,17H2,1-2H3. The predicted octanol–water partition coefficient (Wildman–Crippen LogP) is 1.92. The van der Waals surface area contributed by atoms with Crippen molar-refractivity contribution < 1.29 is 0 Å². The van der Waals surface area contributed by atoms with Gasteiger partial charge in [-0.2, -0.15) is 5.10 Å². The van der Waals surface area contributed by atoms with Gasteiger partial charge in [-0.15, -0.1) is 0 Å². The zero-order chi connectivity index (χ0) is 14.8. The quantitative estimate of drug-likeness (QED) is 0.932. The number of hydrogen-bond acceptors (Lipinski definition) is 4. The summed E-state index contributed by atoms with van der Waals surface area (Å²) in [5.74, 6) is 1.02. The van der Waals surface area contributed by atoms with Gasteiger partial charge in [-0.1, -0.05) is 24.3 Å². The summed E-state index contributed by atoms with van der Waals surface area (Å²) in [5.41, 5.74) is 8.84. The van der Waals surface area contributed by atoms with E-state index in [4.69, 9.17) is 5.73 Å². The maximum Gasteiger partial charge on any atom is 0.141 e. The fourth-order valence-corrected chi connectivity index (χ4v) is 3.17. The first-order chi connectivity index (χ1) is 10.2. The van der Waals surface area contributed by atoms with E-state index >= 15 is 0 Å². The highest BCUT2D eigenvalue weighted by Crippen LogP contribution is 2.29. The van der Waals surface area contributed by atoms with Crippen LogP contribution in [0.1, 0.15) is 42.9 Å². The Morgan fingerprint density at radius 2 is 2.14 bits per heavy atom. The van der Waals surface area contributed by atoms with Crippen molar-refractivity contribution in [1.29, 1.82) is 0 Å². The second-order valence-corrected chi connectivity index (χ2v) is 5.89. The summed E-state index contributed by atoms with van der Waals surface area (Å²) in [7, 11) is 0. The number of aromatic nitrogens is 3. The lowest BCUT2D eigenvalue weighted by molar-refractivity contribution is 0.172. The minimum atomic E-state index is 0.271. The van der Waals surface area contributed by atoms with Crippen LogP contribution < -0.4 is 5.73 Å². The van der Waals surface area contributed by atoms with Crippen molar-refractivity contribution in [3.05, 3.63) is 47.5 Å². The van der Waals surface area contributed by atoms with Crippen molar-refractivity contribution in [2.45, 2.75) is 38.9 Å². The molecular formula is C16H23N5. The van der Waals surface area contributed by atoms with Crippen LogP contribution in [-0.4, -0.2) is 32.8 Å². The fourth-order valence-electron chi connectivity index (χ4n) is 3.17. The molecule has 0 bridgehead atoms. The third kappa shape index (κ3) is 2.71. The normalized spacial score (nSPS) is 19.0. The molecule has 1 aromatic heterocycles. The van der Waals surface area contributed by atoms with Crippen LogP contribution in [0.3, 0.4) is 0 Å². The summed E-state index contributed by atoms with van der Waals surface area (Å²) in [5, 5.41) is 4.32. The lowest BCUT2D eigenvalue weighted by Gasteiger charge is -2.36. The van der Waals surface area contributed by atoms with Crippen molar-refractivity contribution in [2.24, 2.45) is 5.73 Å². The van der Waals surface area contributed by atoms with Crippen molar-refractivity contribution >= 4 is 0 Å². The molecule has 112 valence electrons. The highest BCUT2D eigenvalue weighted by molar-refractivity contribution is 5.32.